The van der Waals surface area contributed by atoms with Crippen LogP contribution in [0.4, 0.5) is 10.1 Å². The Morgan fingerprint density at radius 2 is 2.15 bits per heavy atom. The monoisotopic (exact) mass is 274 g/mol. The first-order chi connectivity index (χ1) is 9.56. The van der Waals surface area contributed by atoms with Crippen LogP contribution in [0.2, 0.25) is 0 Å². The van der Waals surface area contributed by atoms with Crippen molar-refractivity contribution in [1.29, 1.82) is 0 Å². The molecule has 6 heteroatoms. The van der Waals surface area contributed by atoms with Crippen molar-refractivity contribution in [3.05, 3.63) is 41.4 Å². The van der Waals surface area contributed by atoms with Gasteiger partial charge in [0.2, 0.25) is 0 Å². The molecule has 1 aliphatic rings. The number of anilines is 1. The Bertz CT molecular complexity index is 646. The lowest BCUT2D eigenvalue weighted by Crippen LogP contribution is -2.34. The number of nitrogens with one attached hydrogen (secondary N) is 1. The zero-order chi connectivity index (χ0) is 14.7. The number of β-amino-alcohol motifs (C(OH)–C–C–N with tert-alkyl or cyclic N) is 1. The van der Waals surface area contributed by atoms with E-state index >= 15 is 0 Å². The highest BCUT2D eigenvalue weighted by molar-refractivity contribution is 6.17. The molecule has 1 heterocycles. The van der Waals surface area contributed by atoms with Gasteiger partial charge in [-0.2, -0.15) is 0 Å². The molecule has 0 unspecified atom stereocenters. The van der Waals surface area contributed by atoms with Crippen molar-refractivity contribution < 1.29 is 19.1 Å². The zero-order valence-electron chi connectivity index (χ0n) is 10.4. The second-order valence-corrected chi connectivity index (χ2v) is 4.04. The molecule has 20 heavy (non-hydrogen) atoms. The summed E-state index contributed by atoms with van der Waals surface area (Å²) in [6.07, 6.45) is 6.37. The van der Waals surface area contributed by atoms with Gasteiger partial charge in [-0.1, -0.05) is 5.92 Å². The summed E-state index contributed by atoms with van der Waals surface area (Å²) in [6, 6.07) is 3.73. The molecule has 0 spiro atoms. The smallest absolute Gasteiger partial charge is 0.277 e. The molecule has 1 aromatic carbocycles. The average Bonchev–Trinajstić information content (AvgIpc) is 2.69. The van der Waals surface area contributed by atoms with Crippen molar-refractivity contribution in [3.8, 4) is 12.3 Å². The molecule has 5 nitrogen and oxygen atoms in total. The fraction of sp³-hybridized carbons (Fsp3) is 0.143. The third-order valence-corrected chi connectivity index (χ3v) is 2.74. The predicted octanol–water partition coefficient (Wildman–Crippen LogP) is 0.464. The van der Waals surface area contributed by atoms with E-state index in [1.54, 1.807) is 0 Å². The second-order valence-electron chi connectivity index (χ2n) is 4.04. The molecule has 1 aromatic rings. The first kappa shape index (κ1) is 13.8. The van der Waals surface area contributed by atoms with E-state index in [4.69, 9.17) is 11.5 Å². The molecule has 2 amide bonds. The molecule has 0 aromatic heterocycles. The molecular formula is C14H11FN2O3. The third-order valence-electron chi connectivity index (χ3n) is 2.74. The summed E-state index contributed by atoms with van der Waals surface area (Å²) in [6.45, 7) is -0.393. The lowest BCUT2D eigenvalue weighted by atomic mass is 10.1. The van der Waals surface area contributed by atoms with E-state index in [0.29, 0.717) is 5.69 Å². The highest BCUT2D eigenvalue weighted by Gasteiger charge is 2.30. The number of imide groups is 1. The van der Waals surface area contributed by atoms with E-state index in [1.807, 2.05) is 0 Å². The molecule has 0 saturated heterocycles. The van der Waals surface area contributed by atoms with Crippen LogP contribution in [0.25, 0.3) is 0 Å². The molecule has 0 saturated carbocycles. The van der Waals surface area contributed by atoms with Crippen molar-refractivity contribution in [1.82, 2.24) is 4.90 Å². The number of carbonyl (C=O) groups excluding carboxylic acids is 2. The fourth-order valence-corrected chi connectivity index (χ4v) is 1.80. The van der Waals surface area contributed by atoms with Gasteiger partial charge in [-0.15, -0.1) is 6.42 Å². The first-order valence-electron chi connectivity index (χ1n) is 5.78. The number of hydrogen-bond acceptors (Lipinski definition) is 4. The van der Waals surface area contributed by atoms with Gasteiger partial charge < -0.3 is 10.4 Å². The van der Waals surface area contributed by atoms with E-state index in [9.17, 15) is 14.0 Å². The minimum Gasteiger partial charge on any atom is -0.395 e. The molecule has 1 aliphatic heterocycles. The zero-order valence-corrected chi connectivity index (χ0v) is 10.4. The van der Waals surface area contributed by atoms with Crippen LogP contribution in [0.1, 0.15) is 5.56 Å². The maximum absolute atomic E-state index is 13.1. The molecule has 0 aliphatic carbocycles. The number of terminal acetylenes is 1. The number of carbonyl (C=O) groups is 2. The Balaban J connectivity index is 2.24. The lowest BCUT2D eigenvalue weighted by molar-refractivity contribution is -0.137. The minimum atomic E-state index is -0.559. The number of aliphatic hydroxyl groups is 1. The molecule has 0 atom stereocenters. The summed E-state index contributed by atoms with van der Waals surface area (Å²) in [4.78, 5) is 24.4. The standard InChI is InChI=1S/C14H11FN2O3/c1-2-9-7-10(15)3-4-11(9)16-12-8-13(19)17(5-6-18)14(12)20/h1,3-4,7-8,16,18H,5-6H2. The number of aliphatic hydroxyl groups excluding tert-OH is 1. The van der Waals surface area contributed by atoms with Crippen molar-refractivity contribution >= 4 is 17.5 Å². The number of rotatable bonds is 4. The summed E-state index contributed by atoms with van der Waals surface area (Å²) in [5, 5.41) is 11.5. The van der Waals surface area contributed by atoms with E-state index < -0.39 is 17.6 Å². The topological polar surface area (TPSA) is 69.6 Å². The van der Waals surface area contributed by atoms with Gasteiger partial charge in [0.25, 0.3) is 11.8 Å². The van der Waals surface area contributed by atoms with Gasteiger partial charge >= 0.3 is 0 Å². The summed E-state index contributed by atoms with van der Waals surface area (Å²) in [5.74, 6) is 0.724. The lowest BCUT2D eigenvalue weighted by Gasteiger charge is -2.14. The molecule has 102 valence electrons. The predicted molar refractivity (Wildman–Crippen MR) is 69.8 cm³/mol. The van der Waals surface area contributed by atoms with Crippen LogP contribution in [-0.4, -0.2) is 35.0 Å². The maximum Gasteiger partial charge on any atom is 0.277 e. The second kappa shape index (κ2) is 5.55. The van der Waals surface area contributed by atoms with Gasteiger partial charge in [0, 0.05) is 6.08 Å². The van der Waals surface area contributed by atoms with Gasteiger partial charge in [-0.3, -0.25) is 14.5 Å². The van der Waals surface area contributed by atoms with Gasteiger partial charge in [0.05, 0.1) is 24.4 Å². The minimum absolute atomic E-state index is 0.0339. The van der Waals surface area contributed by atoms with Crippen molar-refractivity contribution in [3.63, 3.8) is 0 Å². The quantitative estimate of drug-likeness (QED) is 0.618. The molecule has 0 fully saturated rings. The van der Waals surface area contributed by atoms with Crippen molar-refractivity contribution in [2.45, 2.75) is 0 Å². The Hall–Kier alpha value is -2.65. The summed E-state index contributed by atoms with van der Waals surface area (Å²) in [7, 11) is 0. The van der Waals surface area contributed by atoms with Gasteiger partial charge in [-0.05, 0) is 18.2 Å². The van der Waals surface area contributed by atoms with E-state index in [1.165, 1.54) is 12.1 Å². The van der Waals surface area contributed by atoms with Crippen molar-refractivity contribution in [2.24, 2.45) is 0 Å². The number of amides is 2. The Kier molecular flexibility index (Phi) is 3.82. The molecule has 0 radical (unpaired) electrons. The van der Waals surface area contributed by atoms with E-state index in [2.05, 4.69) is 11.2 Å². The van der Waals surface area contributed by atoms with E-state index in [-0.39, 0.29) is 24.4 Å². The highest BCUT2D eigenvalue weighted by Crippen LogP contribution is 2.21. The Morgan fingerprint density at radius 3 is 2.80 bits per heavy atom. The molecule has 2 rings (SSSR count). The maximum atomic E-state index is 13.1. The fourth-order valence-electron chi connectivity index (χ4n) is 1.80. The van der Waals surface area contributed by atoms with E-state index in [0.717, 1.165) is 17.0 Å². The van der Waals surface area contributed by atoms with Gasteiger partial charge in [0.1, 0.15) is 11.5 Å². The van der Waals surface area contributed by atoms with Crippen LogP contribution < -0.4 is 5.32 Å². The molecule has 2 N–H and O–H groups in total. The highest BCUT2D eigenvalue weighted by atomic mass is 19.1. The Morgan fingerprint density at radius 1 is 1.40 bits per heavy atom. The van der Waals surface area contributed by atoms with Crippen LogP contribution in [0.5, 0.6) is 0 Å². The van der Waals surface area contributed by atoms with Crippen LogP contribution in [0, 0.1) is 18.2 Å². The first-order valence-corrected chi connectivity index (χ1v) is 5.78. The number of halogens is 1. The Labute approximate surface area is 114 Å². The number of nitrogens with zero attached hydrogens (tertiary/aromatic N) is 1. The number of hydrogen-bond donors (Lipinski definition) is 2. The van der Waals surface area contributed by atoms with Gasteiger partial charge in [-0.25, -0.2) is 4.39 Å². The van der Waals surface area contributed by atoms with Gasteiger partial charge in [0.15, 0.2) is 0 Å². The molecular weight excluding hydrogens is 263 g/mol. The van der Waals surface area contributed by atoms with Crippen LogP contribution in [0.3, 0.4) is 0 Å². The summed E-state index contributed by atoms with van der Waals surface area (Å²) < 4.78 is 13.1. The SMILES string of the molecule is C#Cc1cc(F)ccc1NC1=CC(=O)N(CCO)C1=O. The summed E-state index contributed by atoms with van der Waals surface area (Å²) in [5.41, 5.74) is 0.630. The summed E-state index contributed by atoms with van der Waals surface area (Å²) >= 11 is 0. The van der Waals surface area contributed by atoms with Crippen molar-refractivity contribution in [2.75, 3.05) is 18.5 Å². The normalized spacial score (nSPS) is 14.2. The number of benzene rings is 1. The van der Waals surface area contributed by atoms with Crippen LogP contribution in [0.15, 0.2) is 30.0 Å². The largest absolute Gasteiger partial charge is 0.395 e. The average molecular weight is 274 g/mol. The van der Waals surface area contributed by atoms with Crippen LogP contribution >= 0.6 is 0 Å². The third kappa shape index (κ3) is 2.53. The molecule has 0 bridgehead atoms. The van der Waals surface area contributed by atoms with Crippen LogP contribution in [-0.2, 0) is 9.59 Å².